The Kier molecular flexibility index (Phi) is 4.09. The Morgan fingerprint density at radius 2 is 2.47 bits per heavy atom. The molecule has 3 N–H and O–H groups in total. The Hall–Kier alpha value is -0.550. The smallest absolute Gasteiger partial charge is 0.189 e. The van der Waals surface area contributed by atoms with Crippen LogP contribution in [-0.2, 0) is 0 Å². The molecule has 0 spiro atoms. The van der Waals surface area contributed by atoms with E-state index in [2.05, 4.69) is 52.2 Å². The molecule has 3 nitrogen and oxygen atoms in total. The topological polar surface area (TPSA) is 50.4 Å². The van der Waals surface area contributed by atoms with E-state index in [-0.39, 0.29) is 0 Å². The van der Waals surface area contributed by atoms with Crippen LogP contribution in [0.5, 0.6) is 0 Å². The van der Waals surface area contributed by atoms with Crippen molar-refractivity contribution in [2.24, 2.45) is 10.7 Å². The second-order valence-electron chi connectivity index (χ2n) is 4.52. The van der Waals surface area contributed by atoms with Gasteiger partial charge in [0.15, 0.2) is 5.96 Å². The number of hydrogen-bond donors (Lipinski definition) is 2. The van der Waals surface area contributed by atoms with Gasteiger partial charge in [-0.3, -0.25) is 0 Å². The summed E-state index contributed by atoms with van der Waals surface area (Å²) >= 11 is 5.28. The van der Waals surface area contributed by atoms with Crippen molar-refractivity contribution in [2.45, 2.75) is 44.7 Å². The summed E-state index contributed by atoms with van der Waals surface area (Å²) in [6.07, 6.45) is 2.18. The minimum Gasteiger partial charge on any atom is -0.370 e. The Morgan fingerprint density at radius 1 is 1.71 bits per heavy atom. The first-order valence-corrected chi connectivity index (χ1v) is 7.56. The maximum Gasteiger partial charge on any atom is 0.189 e. The number of aliphatic imine (C=N–C) groups is 1. The minimum absolute atomic E-state index is 0.372. The van der Waals surface area contributed by atoms with E-state index in [0.717, 1.165) is 12.8 Å². The molecule has 1 aliphatic rings. The molecule has 1 fully saturated rings. The van der Waals surface area contributed by atoms with Gasteiger partial charge in [-0.15, -0.1) is 11.3 Å². The number of thiophene rings is 1. The van der Waals surface area contributed by atoms with E-state index in [1.54, 1.807) is 11.3 Å². The van der Waals surface area contributed by atoms with Crippen LogP contribution in [0.25, 0.3) is 0 Å². The van der Waals surface area contributed by atoms with Crippen LogP contribution in [-0.4, -0.2) is 18.0 Å². The number of nitrogens with two attached hydrogens (primary N) is 1. The number of halogens is 1. The van der Waals surface area contributed by atoms with Gasteiger partial charge < -0.3 is 11.1 Å². The molecular weight excluding hydrogens is 298 g/mol. The fraction of sp³-hybridized carbons (Fsp3) is 0.583. The molecule has 0 amide bonds. The highest BCUT2D eigenvalue weighted by Crippen LogP contribution is 2.46. The van der Waals surface area contributed by atoms with E-state index in [9.17, 15) is 0 Å². The molecule has 0 saturated heterocycles. The van der Waals surface area contributed by atoms with Crippen molar-refractivity contribution in [1.29, 1.82) is 0 Å². The molecule has 0 aliphatic heterocycles. The van der Waals surface area contributed by atoms with Crippen molar-refractivity contribution < 1.29 is 0 Å². The fourth-order valence-electron chi connectivity index (χ4n) is 1.73. The number of hydrogen-bond acceptors (Lipinski definition) is 2. The lowest BCUT2D eigenvalue weighted by Gasteiger charge is -2.11. The monoisotopic (exact) mass is 315 g/mol. The van der Waals surface area contributed by atoms with E-state index in [4.69, 9.17) is 5.73 Å². The summed E-state index contributed by atoms with van der Waals surface area (Å²) in [6, 6.07) is 5.04. The average Bonchev–Trinajstić information content (AvgIpc) is 2.90. The molecule has 5 heteroatoms. The maximum absolute atomic E-state index is 5.87. The predicted molar refractivity (Wildman–Crippen MR) is 77.7 cm³/mol. The Labute approximate surface area is 115 Å². The van der Waals surface area contributed by atoms with Crippen molar-refractivity contribution in [3.05, 3.63) is 20.8 Å². The summed E-state index contributed by atoms with van der Waals surface area (Å²) in [5.41, 5.74) is 5.87. The molecule has 2 rings (SSSR count). The quantitative estimate of drug-likeness (QED) is 0.662. The highest BCUT2D eigenvalue weighted by molar-refractivity contribution is 9.11. The van der Waals surface area contributed by atoms with Crippen LogP contribution < -0.4 is 11.1 Å². The zero-order chi connectivity index (χ0) is 12.4. The van der Waals surface area contributed by atoms with Crippen LogP contribution in [0.2, 0.25) is 0 Å². The first-order chi connectivity index (χ1) is 8.10. The third kappa shape index (κ3) is 3.45. The zero-order valence-corrected chi connectivity index (χ0v) is 12.5. The highest BCUT2D eigenvalue weighted by Gasteiger charge is 2.39. The summed E-state index contributed by atoms with van der Waals surface area (Å²) in [5, 5.41) is 3.20. The molecule has 0 bridgehead atoms. The Bertz CT molecular complexity index is 416. The van der Waals surface area contributed by atoms with Crippen LogP contribution in [0.3, 0.4) is 0 Å². The second-order valence-corrected chi connectivity index (χ2v) is 7.01. The van der Waals surface area contributed by atoms with E-state index < -0.39 is 0 Å². The van der Waals surface area contributed by atoms with Gasteiger partial charge in [-0.1, -0.05) is 6.92 Å². The summed E-state index contributed by atoms with van der Waals surface area (Å²) < 4.78 is 1.19. The van der Waals surface area contributed by atoms with Crippen LogP contribution >= 0.6 is 27.3 Å². The zero-order valence-electron chi connectivity index (χ0n) is 10.1. The lowest BCUT2D eigenvalue weighted by Crippen LogP contribution is -2.38. The van der Waals surface area contributed by atoms with E-state index >= 15 is 0 Å². The van der Waals surface area contributed by atoms with Crippen LogP contribution in [0, 0.1) is 0 Å². The van der Waals surface area contributed by atoms with Gasteiger partial charge >= 0.3 is 0 Å². The van der Waals surface area contributed by atoms with E-state index in [0.29, 0.717) is 24.0 Å². The van der Waals surface area contributed by atoms with Crippen molar-refractivity contribution in [1.82, 2.24) is 5.32 Å². The molecule has 0 radical (unpaired) electrons. The van der Waals surface area contributed by atoms with Gasteiger partial charge in [0.1, 0.15) is 0 Å². The molecular formula is C12H18BrN3S. The van der Waals surface area contributed by atoms with Crippen LogP contribution in [0.4, 0.5) is 0 Å². The lowest BCUT2D eigenvalue weighted by molar-refractivity contribution is 0.636. The van der Waals surface area contributed by atoms with Gasteiger partial charge in [0, 0.05) is 16.8 Å². The van der Waals surface area contributed by atoms with Gasteiger partial charge in [0.05, 0.1) is 9.83 Å². The van der Waals surface area contributed by atoms with Gasteiger partial charge in [-0.05, 0) is 47.8 Å². The van der Waals surface area contributed by atoms with Crippen molar-refractivity contribution >= 4 is 33.2 Å². The average molecular weight is 316 g/mol. The molecule has 1 saturated carbocycles. The molecule has 1 unspecified atom stereocenters. The highest BCUT2D eigenvalue weighted by atomic mass is 79.9. The van der Waals surface area contributed by atoms with Gasteiger partial charge in [0.2, 0.25) is 0 Å². The fourth-order valence-corrected chi connectivity index (χ4v) is 3.32. The molecule has 1 aromatic heterocycles. The first kappa shape index (κ1) is 12.9. The Balaban J connectivity index is 1.88. The largest absolute Gasteiger partial charge is 0.370 e. The standard InChI is InChI=1S/C12H18BrN3S/c1-3-7(2)15-12(14)16-9-6-8(9)10-4-5-11(13)17-10/h4-5,7-9H,3,6H2,1-2H3,(H3,14,15,16)/t7?,8-,9-/m1/s1. The molecule has 94 valence electrons. The van der Waals surface area contributed by atoms with Crippen LogP contribution in [0.1, 0.15) is 37.5 Å². The van der Waals surface area contributed by atoms with E-state index in [1.807, 2.05) is 0 Å². The maximum atomic E-state index is 5.87. The third-order valence-electron chi connectivity index (χ3n) is 3.03. The van der Waals surface area contributed by atoms with Gasteiger partial charge in [-0.2, -0.15) is 0 Å². The molecule has 3 atom stereocenters. The number of rotatable bonds is 4. The lowest BCUT2D eigenvalue weighted by atomic mass is 10.3. The number of nitrogens with one attached hydrogen (secondary N) is 1. The first-order valence-electron chi connectivity index (χ1n) is 5.95. The normalized spacial score (nSPS) is 25.7. The second kappa shape index (κ2) is 5.40. The minimum atomic E-state index is 0.372. The summed E-state index contributed by atoms with van der Waals surface area (Å²) in [7, 11) is 0. The third-order valence-corrected chi connectivity index (χ3v) is 4.78. The van der Waals surface area contributed by atoms with Gasteiger partial charge in [0.25, 0.3) is 0 Å². The molecule has 1 aliphatic carbocycles. The number of guanidine groups is 1. The summed E-state index contributed by atoms with van der Waals surface area (Å²) in [5.74, 6) is 1.16. The molecule has 1 heterocycles. The van der Waals surface area contributed by atoms with Gasteiger partial charge in [-0.25, -0.2) is 4.99 Å². The Morgan fingerprint density at radius 3 is 3.06 bits per heavy atom. The number of nitrogens with zero attached hydrogens (tertiary/aromatic N) is 1. The van der Waals surface area contributed by atoms with Crippen molar-refractivity contribution in [3.63, 3.8) is 0 Å². The van der Waals surface area contributed by atoms with E-state index in [1.165, 1.54) is 8.66 Å². The summed E-state index contributed by atoms with van der Waals surface area (Å²) in [4.78, 5) is 5.92. The predicted octanol–water partition coefficient (Wildman–Crippen LogP) is 3.07. The molecule has 0 aromatic carbocycles. The van der Waals surface area contributed by atoms with Crippen molar-refractivity contribution in [3.8, 4) is 0 Å². The molecule has 1 aromatic rings. The van der Waals surface area contributed by atoms with Crippen LogP contribution in [0.15, 0.2) is 20.9 Å². The van der Waals surface area contributed by atoms with Crippen molar-refractivity contribution in [2.75, 3.05) is 0 Å². The molecule has 17 heavy (non-hydrogen) atoms. The SMILES string of the molecule is CCC(C)NC(N)=N[C@@H]1C[C@H]1c1ccc(Br)s1. The summed E-state index contributed by atoms with van der Waals surface area (Å²) in [6.45, 7) is 4.25.